The number of benzene rings is 2. The number of hydrogen-bond acceptors (Lipinski definition) is 6. The number of anilines is 1. The number of carboxylic acids is 1. The number of carboxylic acid groups (broad SMARTS) is 1. The fraction of sp³-hybridized carbons (Fsp3) is 0.320. The van der Waals surface area contributed by atoms with Crippen LogP contribution in [0.15, 0.2) is 53.9 Å². The first-order valence-electron chi connectivity index (χ1n) is 10.7. The van der Waals surface area contributed by atoms with Crippen LogP contribution in [0.5, 0.6) is 5.75 Å². The van der Waals surface area contributed by atoms with Gasteiger partial charge in [0.1, 0.15) is 11.8 Å². The third kappa shape index (κ3) is 6.32. The molecule has 33 heavy (non-hydrogen) atoms. The van der Waals surface area contributed by atoms with Gasteiger partial charge < -0.3 is 20.1 Å². The Morgan fingerprint density at radius 1 is 1.15 bits per heavy atom. The smallest absolute Gasteiger partial charge is 0.326 e. The minimum absolute atomic E-state index is 0.165. The number of methoxy groups -OCH3 is 1. The number of thiazole rings is 1. The molecule has 0 saturated heterocycles. The highest BCUT2D eigenvalue weighted by molar-refractivity contribution is 7.14. The average Bonchev–Trinajstić information content (AvgIpc) is 3.29. The zero-order valence-corrected chi connectivity index (χ0v) is 20.1. The number of ether oxygens (including phenoxy) is 1. The molecule has 0 saturated carbocycles. The number of rotatable bonds is 10. The van der Waals surface area contributed by atoms with Gasteiger partial charge in [0.25, 0.3) is 5.91 Å². The van der Waals surface area contributed by atoms with Crippen LogP contribution in [0.4, 0.5) is 5.13 Å². The number of aromatic nitrogens is 1. The summed E-state index contributed by atoms with van der Waals surface area (Å²) >= 11 is 1.55. The number of amides is 1. The van der Waals surface area contributed by atoms with Crippen molar-refractivity contribution < 1.29 is 19.4 Å². The first-order chi connectivity index (χ1) is 15.8. The number of carbonyl (C=O) groups excluding carboxylic acids is 1. The minimum atomic E-state index is -1.02. The van der Waals surface area contributed by atoms with Crippen LogP contribution in [-0.4, -0.2) is 42.2 Å². The molecule has 3 aromatic rings. The third-order valence-corrected chi connectivity index (χ3v) is 6.10. The van der Waals surface area contributed by atoms with E-state index in [1.165, 1.54) is 0 Å². The molecular formula is C25H29N3O4S. The molecule has 1 aromatic heterocycles. The van der Waals surface area contributed by atoms with Crippen molar-refractivity contribution in [1.82, 2.24) is 10.3 Å². The van der Waals surface area contributed by atoms with Crippen LogP contribution in [0.25, 0.3) is 11.3 Å². The highest BCUT2D eigenvalue weighted by atomic mass is 32.1. The first kappa shape index (κ1) is 24.3. The SMILES string of the molecule is COc1ccccc1-c1csc(N(C)Cc2ccc(C(=O)NC(CC(C)C)C(=O)O)cc2)n1. The van der Waals surface area contributed by atoms with Gasteiger partial charge in [0, 0.05) is 30.1 Å². The number of hydrogen-bond donors (Lipinski definition) is 2. The van der Waals surface area contributed by atoms with E-state index >= 15 is 0 Å². The van der Waals surface area contributed by atoms with E-state index in [1.54, 1.807) is 30.6 Å². The highest BCUT2D eigenvalue weighted by Gasteiger charge is 2.21. The molecule has 0 aliphatic heterocycles. The lowest BCUT2D eigenvalue weighted by Crippen LogP contribution is -2.41. The van der Waals surface area contributed by atoms with Crippen molar-refractivity contribution in [3.8, 4) is 17.0 Å². The monoisotopic (exact) mass is 467 g/mol. The van der Waals surface area contributed by atoms with Crippen LogP contribution in [0.1, 0.15) is 36.2 Å². The second-order valence-electron chi connectivity index (χ2n) is 8.26. The van der Waals surface area contributed by atoms with Crippen LogP contribution in [0.3, 0.4) is 0 Å². The summed E-state index contributed by atoms with van der Waals surface area (Å²) in [6.45, 7) is 4.47. The van der Waals surface area contributed by atoms with Gasteiger partial charge in [0.05, 0.1) is 12.8 Å². The average molecular weight is 468 g/mol. The molecule has 2 aromatic carbocycles. The Morgan fingerprint density at radius 2 is 1.85 bits per heavy atom. The number of nitrogens with zero attached hydrogens (tertiary/aromatic N) is 2. The van der Waals surface area contributed by atoms with Gasteiger partial charge >= 0.3 is 5.97 Å². The Labute approximate surface area is 198 Å². The van der Waals surface area contributed by atoms with E-state index in [2.05, 4.69) is 5.32 Å². The number of para-hydroxylation sites is 1. The summed E-state index contributed by atoms with van der Waals surface area (Å²) in [5, 5.41) is 14.8. The van der Waals surface area contributed by atoms with Crippen molar-refractivity contribution in [3.05, 3.63) is 65.0 Å². The molecule has 0 fully saturated rings. The summed E-state index contributed by atoms with van der Waals surface area (Å²) in [4.78, 5) is 30.7. The highest BCUT2D eigenvalue weighted by Crippen LogP contribution is 2.33. The molecule has 0 aliphatic carbocycles. The maximum absolute atomic E-state index is 12.5. The van der Waals surface area contributed by atoms with Crippen molar-refractivity contribution in [2.24, 2.45) is 5.92 Å². The second kappa shape index (κ2) is 11.0. The quantitative estimate of drug-likeness (QED) is 0.450. The molecule has 2 N–H and O–H groups in total. The van der Waals surface area contributed by atoms with Gasteiger partial charge in [0.15, 0.2) is 5.13 Å². The zero-order valence-electron chi connectivity index (χ0n) is 19.2. The second-order valence-corrected chi connectivity index (χ2v) is 9.10. The molecule has 3 rings (SSSR count). The van der Waals surface area contributed by atoms with Gasteiger partial charge in [-0.3, -0.25) is 4.79 Å². The third-order valence-electron chi connectivity index (χ3n) is 5.15. The summed E-state index contributed by atoms with van der Waals surface area (Å²) in [6.07, 6.45) is 0.384. The van der Waals surface area contributed by atoms with E-state index in [-0.39, 0.29) is 11.8 Å². The summed E-state index contributed by atoms with van der Waals surface area (Å²) in [6, 6.07) is 14.1. The zero-order chi connectivity index (χ0) is 24.0. The van der Waals surface area contributed by atoms with E-state index in [0.717, 1.165) is 27.7 Å². The molecule has 7 nitrogen and oxygen atoms in total. The van der Waals surface area contributed by atoms with E-state index < -0.39 is 12.0 Å². The molecular weight excluding hydrogens is 438 g/mol. The molecule has 0 bridgehead atoms. The Kier molecular flexibility index (Phi) is 8.06. The topological polar surface area (TPSA) is 91.8 Å². The molecule has 1 heterocycles. The summed E-state index contributed by atoms with van der Waals surface area (Å²) in [5.74, 6) is -0.460. The fourth-order valence-corrected chi connectivity index (χ4v) is 4.25. The summed E-state index contributed by atoms with van der Waals surface area (Å²) in [7, 11) is 3.61. The number of aliphatic carboxylic acids is 1. The van der Waals surface area contributed by atoms with Crippen LogP contribution in [0.2, 0.25) is 0 Å². The lowest BCUT2D eigenvalue weighted by molar-refractivity contribution is -0.139. The molecule has 8 heteroatoms. The molecule has 0 spiro atoms. The van der Waals surface area contributed by atoms with Crippen LogP contribution >= 0.6 is 11.3 Å². The van der Waals surface area contributed by atoms with Gasteiger partial charge in [-0.1, -0.05) is 38.1 Å². The van der Waals surface area contributed by atoms with Gasteiger partial charge in [-0.25, -0.2) is 9.78 Å². The minimum Gasteiger partial charge on any atom is -0.496 e. The molecule has 1 atom stereocenters. The fourth-order valence-electron chi connectivity index (χ4n) is 3.46. The predicted molar refractivity (Wildman–Crippen MR) is 131 cm³/mol. The van der Waals surface area contributed by atoms with Crippen molar-refractivity contribution in [1.29, 1.82) is 0 Å². The van der Waals surface area contributed by atoms with E-state index in [4.69, 9.17) is 9.72 Å². The largest absolute Gasteiger partial charge is 0.496 e. The normalized spacial score (nSPS) is 11.8. The summed E-state index contributed by atoms with van der Waals surface area (Å²) < 4.78 is 5.44. The van der Waals surface area contributed by atoms with Crippen molar-refractivity contribution in [2.75, 3.05) is 19.1 Å². The molecule has 0 radical (unpaired) electrons. The van der Waals surface area contributed by atoms with Gasteiger partial charge in [0.2, 0.25) is 0 Å². The van der Waals surface area contributed by atoms with Crippen LogP contribution in [-0.2, 0) is 11.3 Å². The molecule has 1 amide bonds. The lowest BCUT2D eigenvalue weighted by Gasteiger charge is -2.17. The molecule has 1 unspecified atom stereocenters. The van der Waals surface area contributed by atoms with E-state index in [9.17, 15) is 14.7 Å². The Hall–Kier alpha value is -3.39. The summed E-state index contributed by atoms with van der Waals surface area (Å²) in [5.41, 5.74) is 3.26. The van der Waals surface area contributed by atoms with E-state index in [0.29, 0.717) is 18.5 Å². The van der Waals surface area contributed by atoms with Crippen LogP contribution < -0.4 is 15.0 Å². The van der Waals surface area contributed by atoms with Crippen molar-refractivity contribution in [2.45, 2.75) is 32.9 Å². The van der Waals surface area contributed by atoms with Crippen molar-refractivity contribution >= 4 is 28.3 Å². The standard InChI is InChI=1S/C25H29N3O4S/c1-16(2)13-20(24(30)31)26-23(29)18-11-9-17(10-12-18)14-28(3)25-27-21(15-33-25)19-7-5-6-8-22(19)32-4/h5-12,15-16,20H,13-14H2,1-4H3,(H,26,29)(H,30,31). The number of carbonyl (C=O) groups is 2. The Balaban J connectivity index is 1.65. The molecule has 0 aliphatic rings. The van der Waals surface area contributed by atoms with E-state index in [1.807, 2.05) is 67.6 Å². The number of nitrogens with one attached hydrogen (secondary N) is 1. The Bertz CT molecular complexity index is 1100. The van der Waals surface area contributed by atoms with Gasteiger partial charge in [-0.05, 0) is 42.2 Å². The predicted octanol–water partition coefficient (Wildman–Crippen LogP) is 4.68. The van der Waals surface area contributed by atoms with Gasteiger partial charge in [-0.2, -0.15) is 0 Å². The van der Waals surface area contributed by atoms with Crippen LogP contribution in [0, 0.1) is 5.92 Å². The first-order valence-corrected chi connectivity index (χ1v) is 11.6. The van der Waals surface area contributed by atoms with Crippen molar-refractivity contribution in [3.63, 3.8) is 0 Å². The Morgan fingerprint density at radius 3 is 2.48 bits per heavy atom. The lowest BCUT2D eigenvalue weighted by atomic mass is 10.0. The van der Waals surface area contributed by atoms with Gasteiger partial charge in [-0.15, -0.1) is 11.3 Å². The maximum atomic E-state index is 12.5. The maximum Gasteiger partial charge on any atom is 0.326 e. The molecule has 174 valence electrons.